The summed E-state index contributed by atoms with van der Waals surface area (Å²) >= 11 is 0. The van der Waals surface area contributed by atoms with E-state index in [2.05, 4.69) is 5.32 Å². The molecule has 4 nitrogen and oxygen atoms in total. The van der Waals surface area contributed by atoms with Crippen LogP contribution in [-0.4, -0.2) is 37.2 Å². The molecule has 1 aromatic carbocycles. The van der Waals surface area contributed by atoms with E-state index in [1.165, 1.54) is 18.6 Å². The first-order chi connectivity index (χ1) is 11.6. The van der Waals surface area contributed by atoms with E-state index < -0.39 is 0 Å². The van der Waals surface area contributed by atoms with Crippen LogP contribution in [0, 0.1) is 11.2 Å². The maximum atomic E-state index is 13.1. The Morgan fingerprint density at radius 1 is 1.29 bits per heavy atom. The number of hydrogen-bond donors (Lipinski definition) is 1. The molecule has 5 heteroatoms. The molecule has 24 heavy (non-hydrogen) atoms. The van der Waals surface area contributed by atoms with E-state index in [4.69, 9.17) is 4.74 Å². The lowest BCUT2D eigenvalue weighted by Gasteiger charge is -2.45. The molecule has 0 aliphatic carbocycles. The second kappa shape index (κ2) is 7.51. The zero-order valence-corrected chi connectivity index (χ0v) is 14.4. The van der Waals surface area contributed by atoms with E-state index in [1.807, 2.05) is 11.8 Å². The molecule has 0 bridgehead atoms. The Morgan fingerprint density at radius 2 is 2.00 bits per heavy atom. The quantitative estimate of drug-likeness (QED) is 0.911. The van der Waals surface area contributed by atoms with Crippen LogP contribution in [0.25, 0.3) is 0 Å². The van der Waals surface area contributed by atoms with Gasteiger partial charge in [-0.25, -0.2) is 9.18 Å². The molecule has 3 rings (SSSR count). The third kappa shape index (κ3) is 3.89. The largest absolute Gasteiger partial charge is 0.381 e. The highest BCUT2D eigenvalue weighted by Gasteiger charge is 2.38. The van der Waals surface area contributed by atoms with Crippen LogP contribution in [0.2, 0.25) is 0 Å². The monoisotopic (exact) mass is 334 g/mol. The van der Waals surface area contributed by atoms with Crippen molar-refractivity contribution >= 4 is 6.03 Å². The van der Waals surface area contributed by atoms with Gasteiger partial charge in [-0.05, 0) is 55.2 Å². The molecular weight excluding hydrogens is 307 g/mol. The van der Waals surface area contributed by atoms with Gasteiger partial charge in [-0.15, -0.1) is 0 Å². The minimum Gasteiger partial charge on any atom is -0.381 e. The number of piperidine rings is 1. The van der Waals surface area contributed by atoms with Crippen molar-refractivity contribution in [1.29, 1.82) is 0 Å². The predicted molar refractivity (Wildman–Crippen MR) is 91.3 cm³/mol. The zero-order chi connectivity index (χ0) is 17.0. The van der Waals surface area contributed by atoms with E-state index in [9.17, 15) is 9.18 Å². The minimum atomic E-state index is -0.252. The highest BCUT2D eigenvalue weighted by Crippen LogP contribution is 2.39. The summed E-state index contributed by atoms with van der Waals surface area (Å²) in [5.41, 5.74) is 1.19. The number of ether oxygens (including phenoxy) is 1. The van der Waals surface area contributed by atoms with Gasteiger partial charge in [0.2, 0.25) is 0 Å². The second-order valence-electron chi connectivity index (χ2n) is 7.10. The van der Waals surface area contributed by atoms with Gasteiger partial charge in [0.15, 0.2) is 0 Å². The first kappa shape index (κ1) is 17.2. The minimum absolute atomic E-state index is 0.00302. The number of amides is 2. The van der Waals surface area contributed by atoms with Crippen molar-refractivity contribution in [3.8, 4) is 0 Å². The van der Waals surface area contributed by atoms with Crippen molar-refractivity contribution in [2.75, 3.05) is 26.3 Å². The van der Waals surface area contributed by atoms with Gasteiger partial charge < -0.3 is 15.0 Å². The molecule has 1 spiro atoms. The fourth-order valence-electron chi connectivity index (χ4n) is 3.95. The Morgan fingerprint density at radius 3 is 2.67 bits per heavy atom. The second-order valence-corrected chi connectivity index (χ2v) is 7.10. The summed E-state index contributed by atoms with van der Waals surface area (Å²) in [5, 5.41) is 3.13. The lowest BCUT2D eigenvalue weighted by Crippen LogP contribution is -2.51. The van der Waals surface area contributed by atoms with Gasteiger partial charge in [0.05, 0.1) is 6.04 Å². The molecule has 0 saturated carbocycles. The molecule has 2 heterocycles. The molecule has 0 aromatic heterocycles. The lowest BCUT2D eigenvalue weighted by molar-refractivity contribution is -0.0188. The van der Waals surface area contributed by atoms with Gasteiger partial charge in [0.1, 0.15) is 5.82 Å². The van der Waals surface area contributed by atoms with Gasteiger partial charge in [-0.2, -0.15) is 0 Å². The number of carbonyl (C=O) groups excluding carboxylic acids is 1. The lowest BCUT2D eigenvalue weighted by atomic mass is 9.74. The van der Waals surface area contributed by atoms with Gasteiger partial charge >= 0.3 is 6.03 Å². The molecule has 2 saturated heterocycles. The van der Waals surface area contributed by atoms with Crippen molar-refractivity contribution in [1.82, 2.24) is 10.2 Å². The first-order valence-corrected chi connectivity index (χ1v) is 9.00. The van der Waals surface area contributed by atoms with Crippen molar-refractivity contribution in [3.63, 3.8) is 0 Å². The number of hydrogen-bond acceptors (Lipinski definition) is 2. The molecule has 1 N–H and O–H groups in total. The molecule has 2 amide bonds. The Balaban J connectivity index is 1.63. The summed E-state index contributed by atoms with van der Waals surface area (Å²) in [6.45, 7) is 5.28. The van der Waals surface area contributed by atoms with Crippen LogP contribution in [0.3, 0.4) is 0 Å². The Hall–Kier alpha value is -1.62. The SMILES string of the molecule is CC[C@H](NC(=O)N1CCCC2(CCOCC2)C1)c1ccc(F)cc1. The van der Waals surface area contributed by atoms with Crippen LogP contribution >= 0.6 is 0 Å². The first-order valence-electron chi connectivity index (χ1n) is 9.00. The van der Waals surface area contributed by atoms with E-state index >= 15 is 0 Å². The normalized spacial score (nSPS) is 21.5. The number of rotatable bonds is 3. The molecule has 2 aliphatic rings. The fourth-order valence-corrected chi connectivity index (χ4v) is 3.95. The van der Waals surface area contributed by atoms with Gasteiger partial charge in [-0.3, -0.25) is 0 Å². The van der Waals surface area contributed by atoms with E-state index in [0.717, 1.165) is 57.6 Å². The average Bonchev–Trinajstić information content (AvgIpc) is 2.61. The van der Waals surface area contributed by atoms with Gasteiger partial charge in [0, 0.05) is 26.3 Å². The summed E-state index contributed by atoms with van der Waals surface area (Å²) in [6, 6.07) is 6.31. The zero-order valence-electron chi connectivity index (χ0n) is 14.4. The smallest absolute Gasteiger partial charge is 0.317 e. The number of likely N-dealkylation sites (tertiary alicyclic amines) is 1. The number of nitrogens with zero attached hydrogens (tertiary/aromatic N) is 1. The number of nitrogens with one attached hydrogen (secondary N) is 1. The van der Waals surface area contributed by atoms with E-state index in [0.29, 0.717) is 0 Å². The van der Waals surface area contributed by atoms with Crippen molar-refractivity contribution in [2.24, 2.45) is 5.41 Å². The van der Waals surface area contributed by atoms with Crippen LogP contribution in [0.4, 0.5) is 9.18 Å². The van der Waals surface area contributed by atoms with Gasteiger partial charge in [0.25, 0.3) is 0 Å². The van der Waals surface area contributed by atoms with Crippen molar-refractivity contribution in [2.45, 2.75) is 45.1 Å². The summed E-state index contributed by atoms with van der Waals surface area (Å²) in [5.74, 6) is -0.252. The number of carbonyl (C=O) groups is 1. The third-order valence-corrected chi connectivity index (χ3v) is 5.48. The van der Waals surface area contributed by atoms with Crippen LogP contribution in [0.15, 0.2) is 24.3 Å². The maximum absolute atomic E-state index is 13.1. The Kier molecular flexibility index (Phi) is 5.39. The highest BCUT2D eigenvalue weighted by molar-refractivity contribution is 5.75. The molecular formula is C19H27FN2O2. The topological polar surface area (TPSA) is 41.6 Å². The molecule has 1 atom stereocenters. The van der Waals surface area contributed by atoms with E-state index in [-0.39, 0.29) is 23.3 Å². The Labute approximate surface area is 143 Å². The predicted octanol–water partition coefficient (Wildman–Crippen LogP) is 3.88. The fraction of sp³-hybridized carbons (Fsp3) is 0.632. The number of urea groups is 1. The van der Waals surface area contributed by atoms with E-state index in [1.54, 1.807) is 12.1 Å². The highest BCUT2D eigenvalue weighted by atomic mass is 19.1. The number of benzene rings is 1. The average molecular weight is 334 g/mol. The summed E-state index contributed by atoms with van der Waals surface area (Å²) in [7, 11) is 0. The molecule has 132 valence electrons. The molecule has 2 fully saturated rings. The summed E-state index contributed by atoms with van der Waals surface area (Å²) < 4.78 is 18.6. The summed E-state index contributed by atoms with van der Waals surface area (Å²) in [6.07, 6.45) is 5.12. The molecule has 0 unspecified atom stereocenters. The molecule has 2 aliphatic heterocycles. The van der Waals surface area contributed by atoms with Gasteiger partial charge in [-0.1, -0.05) is 19.1 Å². The number of halogens is 1. The van der Waals surface area contributed by atoms with Crippen molar-refractivity contribution < 1.29 is 13.9 Å². The molecule has 0 radical (unpaired) electrons. The van der Waals surface area contributed by atoms with Crippen LogP contribution < -0.4 is 5.32 Å². The molecule has 1 aromatic rings. The summed E-state index contributed by atoms with van der Waals surface area (Å²) in [4.78, 5) is 14.7. The van der Waals surface area contributed by atoms with Crippen LogP contribution in [0.5, 0.6) is 0 Å². The van der Waals surface area contributed by atoms with Crippen LogP contribution in [0.1, 0.15) is 50.6 Å². The maximum Gasteiger partial charge on any atom is 0.317 e. The Bertz CT molecular complexity index is 549. The van der Waals surface area contributed by atoms with Crippen molar-refractivity contribution in [3.05, 3.63) is 35.6 Å². The third-order valence-electron chi connectivity index (χ3n) is 5.48. The standard InChI is InChI=1S/C19H27FN2O2/c1-2-17(15-4-6-16(20)7-5-15)21-18(23)22-11-3-8-19(14-22)9-12-24-13-10-19/h4-7,17H,2-3,8-14H2,1H3,(H,21,23)/t17-/m0/s1. The van der Waals surface area contributed by atoms with Crippen LogP contribution in [-0.2, 0) is 4.74 Å².